The number of ether oxygens (including phenoxy) is 1. The van der Waals surface area contributed by atoms with Crippen molar-refractivity contribution < 1.29 is 19.7 Å². The van der Waals surface area contributed by atoms with Crippen LogP contribution in [-0.4, -0.2) is 23.3 Å². The lowest BCUT2D eigenvalue weighted by molar-refractivity contribution is -0.137. The highest BCUT2D eigenvalue weighted by atomic mass is 16.5. The second-order valence-electron chi connectivity index (χ2n) is 5.02. The van der Waals surface area contributed by atoms with Gasteiger partial charge in [0.25, 0.3) is 0 Å². The molecule has 1 aromatic rings. The van der Waals surface area contributed by atoms with Gasteiger partial charge in [-0.15, -0.1) is 0 Å². The average Bonchev–Trinajstić information content (AvgIpc) is 2.43. The molecule has 0 aromatic heterocycles. The first-order chi connectivity index (χ1) is 9.63. The van der Waals surface area contributed by atoms with Crippen LogP contribution in [0.15, 0.2) is 18.2 Å². The van der Waals surface area contributed by atoms with Crippen LogP contribution < -0.4 is 4.74 Å². The second-order valence-corrected chi connectivity index (χ2v) is 5.02. The van der Waals surface area contributed by atoms with Crippen LogP contribution in [0, 0.1) is 0 Å². The Morgan fingerprint density at radius 3 is 2.40 bits per heavy atom. The van der Waals surface area contributed by atoms with Crippen LogP contribution in [0.4, 0.5) is 0 Å². The van der Waals surface area contributed by atoms with E-state index in [1.54, 1.807) is 13.2 Å². The first kappa shape index (κ1) is 16.3. The highest BCUT2D eigenvalue weighted by molar-refractivity contribution is 5.66. The zero-order valence-corrected chi connectivity index (χ0v) is 12.1. The quantitative estimate of drug-likeness (QED) is 0.640. The molecule has 2 N–H and O–H groups in total. The van der Waals surface area contributed by atoms with Gasteiger partial charge < -0.3 is 14.9 Å². The number of phenols is 1. The number of unbranched alkanes of at least 4 members (excludes halogenated alkanes) is 5. The maximum absolute atomic E-state index is 10.3. The number of hydrogen-bond acceptors (Lipinski definition) is 3. The van der Waals surface area contributed by atoms with Gasteiger partial charge in [0.2, 0.25) is 0 Å². The van der Waals surface area contributed by atoms with Crippen LogP contribution >= 0.6 is 0 Å². The predicted molar refractivity (Wildman–Crippen MR) is 78.3 cm³/mol. The molecular formula is C16H24O4. The SMILES string of the molecule is COc1cc(CCCCCCCCC(=O)O)ccc1O. The van der Waals surface area contributed by atoms with E-state index in [9.17, 15) is 9.90 Å². The van der Waals surface area contributed by atoms with Crippen molar-refractivity contribution in [1.82, 2.24) is 0 Å². The van der Waals surface area contributed by atoms with Crippen molar-refractivity contribution >= 4 is 5.97 Å². The maximum Gasteiger partial charge on any atom is 0.303 e. The molecule has 0 bridgehead atoms. The number of aliphatic carboxylic acids is 1. The number of hydrogen-bond donors (Lipinski definition) is 2. The van der Waals surface area contributed by atoms with E-state index in [1.165, 1.54) is 5.56 Å². The Bertz CT molecular complexity index is 415. The molecule has 0 radical (unpaired) electrons. The fraction of sp³-hybridized carbons (Fsp3) is 0.562. The lowest BCUT2D eigenvalue weighted by atomic mass is 10.0. The summed E-state index contributed by atoms with van der Waals surface area (Å²) >= 11 is 0. The van der Waals surface area contributed by atoms with Crippen LogP contribution in [0.5, 0.6) is 11.5 Å². The lowest BCUT2D eigenvalue weighted by Crippen LogP contribution is -1.93. The van der Waals surface area contributed by atoms with Gasteiger partial charge in [-0.2, -0.15) is 0 Å². The molecule has 20 heavy (non-hydrogen) atoms. The normalized spacial score (nSPS) is 10.4. The van der Waals surface area contributed by atoms with Crippen molar-refractivity contribution in [3.8, 4) is 11.5 Å². The van der Waals surface area contributed by atoms with Crippen molar-refractivity contribution in [2.45, 2.75) is 51.4 Å². The van der Waals surface area contributed by atoms with Gasteiger partial charge in [0.1, 0.15) is 0 Å². The largest absolute Gasteiger partial charge is 0.504 e. The molecule has 0 aliphatic heterocycles. The van der Waals surface area contributed by atoms with Gasteiger partial charge in [0, 0.05) is 6.42 Å². The molecule has 4 heteroatoms. The summed E-state index contributed by atoms with van der Waals surface area (Å²) in [6, 6.07) is 5.47. The second kappa shape index (κ2) is 9.23. The number of aryl methyl sites for hydroxylation is 1. The number of carbonyl (C=O) groups is 1. The molecule has 0 spiro atoms. The van der Waals surface area contributed by atoms with E-state index in [-0.39, 0.29) is 12.2 Å². The zero-order valence-electron chi connectivity index (χ0n) is 12.1. The van der Waals surface area contributed by atoms with E-state index in [0.717, 1.165) is 44.9 Å². The van der Waals surface area contributed by atoms with E-state index in [0.29, 0.717) is 5.75 Å². The van der Waals surface area contributed by atoms with Crippen molar-refractivity contribution in [2.24, 2.45) is 0 Å². The molecule has 0 aliphatic carbocycles. The monoisotopic (exact) mass is 280 g/mol. The zero-order chi connectivity index (χ0) is 14.8. The average molecular weight is 280 g/mol. The predicted octanol–water partition coefficient (Wildman–Crippen LogP) is 3.76. The molecular weight excluding hydrogens is 256 g/mol. The van der Waals surface area contributed by atoms with Crippen LogP contribution in [0.2, 0.25) is 0 Å². The minimum absolute atomic E-state index is 0.176. The summed E-state index contributed by atoms with van der Waals surface area (Å²) in [7, 11) is 1.55. The van der Waals surface area contributed by atoms with E-state index in [1.807, 2.05) is 12.1 Å². The van der Waals surface area contributed by atoms with Crippen LogP contribution in [-0.2, 0) is 11.2 Å². The van der Waals surface area contributed by atoms with E-state index in [4.69, 9.17) is 9.84 Å². The number of phenolic OH excluding ortho intramolecular Hbond substituents is 1. The number of methoxy groups -OCH3 is 1. The third kappa shape index (κ3) is 6.45. The van der Waals surface area contributed by atoms with Crippen LogP contribution in [0.1, 0.15) is 50.5 Å². The number of rotatable bonds is 10. The first-order valence-electron chi connectivity index (χ1n) is 7.21. The minimum atomic E-state index is -0.703. The molecule has 0 saturated heterocycles. The molecule has 1 rings (SSSR count). The number of carboxylic acid groups (broad SMARTS) is 1. The Balaban J connectivity index is 2.11. The molecule has 4 nitrogen and oxygen atoms in total. The van der Waals surface area contributed by atoms with Gasteiger partial charge in [-0.05, 0) is 37.0 Å². The number of carboxylic acids is 1. The molecule has 0 saturated carbocycles. The van der Waals surface area contributed by atoms with Crippen molar-refractivity contribution in [1.29, 1.82) is 0 Å². The van der Waals surface area contributed by atoms with Gasteiger partial charge >= 0.3 is 5.97 Å². The third-order valence-corrected chi connectivity index (χ3v) is 3.35. The Morgan fingerprint density at radius 2 is 1.75 bits per heavy atom. The fourth-order valence-electron chi connectivity index (χ4n) is 2.19. The molecule has 0 unspecified atom stereocenters. The smallest absolute Gasteiger partial charge is 0.303 e. The van der Waals surface area contributed by atoms with Gasteiger partial charge in [-0.3, -0.25) is 4.79 Å². The lowest BCUT2D eigenvalue weighted by Gasteiger charge is -2.06. The summed E-state index contributed by atoms with van der Waals surface area (Å²) in [6.45, 7) is 0. The summed E-state index contributed by atoms with van der Waals surface area (Å²) in [5, 5.41) is 18.0. The Kier molecular flexibility index (Phi) is 7.55. The standard InChI is InChI=1S/C16H24O4/c1-20-15-12-13(10-11-14(15)17)8-6-4-2-3-5-7-9-16(18)19/h10-12,17H,2-9H2,1H3,(H,18,19). The Labute approximate surface area is 120 Å². The fourth-order valence-corrected chi connectivity index (χ4v) is 2.19. The highest BCUT2D eigenvalue weighted by Gasteiger charge is 2.02. The molecule has 0 amide bonds. The molecule has 0 aliphatic rings. The third-order valence-electron chi connectivity index (χ3n) is 3.35. The molecule has 0 atom stereocenters. The highest BCUT2D eigenvalue weighted by Crippen LogP contribution is 2.27. The molecule has 0 fully saturated rings. The van der Waals surface area contributed by atoms with Gasteiger partial charge in [0.05, 0.1) is 7.11 Å². The van der Waals surface area contributed by atoms with Crippen molar-refractivity contribution in [2.75, 3.05) is 7.11 Å². The summed E-state index contributed by atoms with van der Waals surface area (Å²) in [5.74, 6) is -0.00266. The van der Waals surface area contributed by atoms with E-state index >= 15 is 0 Å². The van der Waals surface area contributed by atoms with Crippen LogP contribution in [0.3, 0.4) is 0 Å². The number of benzene rings is 1. The van der Waals surface area contributed by atoms with E-state index in [2.05, 4.69) is 0 Å². The molecule has 112 valence electrons. The number of aromatic hydroxyl groups is 1. The first-order valence-corrected chi connectivity index (χ1v) is 7.21. The van der Waals surface area contributed by atoms with Crippen molar-refractivity contribution in [3.63, 3.8) is 0 Å². The minimum Gasteiger partial charge on any atom is -0.504 e. The molecule has 1 aromatic carbocycles. The summed E-state index contributed by atoms with van der Waals surface area (Å²) in [4.78, 5) is 10.3. The van der Waals surface area contributed by atoms with Gasteiger partial charge in [-0.1, -0.05) is 31.7 Å². The Morgan fingerprint density at radius 1 is 1.10 bits per heavy atom. The molecule has 0 heterocycles. The summed E-state index contributed by atoms with van der Waals surface area (Å²) in [5.41, 5.74) is 1.17. The maximum atomic E-state index is 10.3. The van der Waals surface area contributed by atoms with Gasteiger partial charge in [-0.25, -0.2) is 0 Å². The van der Waals surface area contributed by atoms with E-state index < -0.39 is 5.97 Å². The topological polar surface area (TPSA) is 66.8 Å². The summed E-state index contributed by atoms with van der Waals surface area (Å²) < 4.78 is 5.08. The summed E-state index contributed by atoms with van der Waals surface area (Å²) in [6.07, 6.45) is 7.55. The van der Waals surface area contributed by atoms with Crippen LogP contribution in [0.25, 0.3) is 0 Å². The van der Waals surface area contributed by atoms with Crippen molar-refractivity contribution in [3.05, 3.63) is 23.8 Å². The Hall–Kier alpha value is -1.71. The van der Waals surface area contributed by atoms with Gasteiger partial charge in [0.15, 0.2) is 11.5 Å².